The molecule has 3 rings (SSSR count). The lowest BCUT2D eigenvalue weighted by Crippen LogP contribution is -2.37. The zero-order valence-electron chi connectivity index (χ0n) is 11.3. The molecular formula is C12H17N5O2. The Kier molecular flexibility index (Phi) is 2.60. The first-order valence-corrected chi connectivity index (χ1v) is 6.23. The van der Waals surface area contributed by atoms with Crippen LogP contribution in [0.1, 0.15) is 20.3 Å². The number of imidazole rings is 1. The Balaban J connectivity index is 2.27. The van der Waals surface area contributed by atoms with Crippen LogP contribution in [0.4, 0.5) is 5.95 Å². The summed E-state index contributed by atoms with van der Waals surface area (Å²) < 4.78 is 12.8. The molecular weight excluding hydrogens is 246 g/mol. The van der Waals surface area contributed by atoms with Gasteiger partial charge >= 0.3 is 0 Å². The zero-order chi connectivity index (χ0) is 13.6. The van der Waals surface area contributed by atoms with E-state index in [-0.39, 0.29) is 11.6 Å². The molecule has 0 aliphatic carbocycles. The molecule has 0 aromatic carbocycles. The molecule has 19 heavy (non-hydrogen) atoms. The highest BCUT2D eigenvalue weighted by atomic mass is 16.5. The van der Waals surface area contributed by atoms with Crippen LogP contribution in [-0.4, -0.2) is 39.3 Å². The van der Waals surface area contributed by atoms with Crippen LogP contribution in [0.25, 0.3) is 11.2 Å². The number of nitrogens with zero attached hydrogens (tertiary/aromatic N) is 4. The minimum absolute atomic E-state index is 0.0492. The van der Waals surface area contributed by atoms with Gasteiger partial charge in [-0.25, -0.2) is 9.97 Å². The lowest BCUT2D eigenvalue weighted by atomic mass is 9.94. The van der Waals surface area contributed by atoms with Gasteiger partial charge in [0, 0.05) is 6.61 Å². The van der Waals surface area contributed by atoms with Crippen molar-refractivity contribution >= 4 is 17.1 Å². The maximum absolute atomic E-state index is 6.08. The molecule has 0 radical (unpaired) electrons. The second-order valence-corrected chi connectivity index (χ2v) is 4.98. The van der Waals surface area contributed by atoms with Gasteiger partial charge in [-0.15, -0.1) is 0 Å². The molecule has 7 nitrogen and oxygen atoms in total. The van der Waals surface area contributed by atoms with Gasteiger partial charge in [-0.3, -0.25) is 4.57 Å². The second-order valence-electron chi connectivity index (χ2n) is 4.98. The molecule has 2 unspecified atom stereocenters. The summed E-state index contributed by atoms with van der Waals surface area (Å²) in [4.78, 5) is 12.7. The van der Waals surface area contributed by atoms with Gasteiger partial charge in [-0.2, -0.15) is 4.98 Å². The summed E-state index contributed by atoms with van der Waals surface area (Å²) in [5.74, 6) is 0.847. The number of aromatic nitrogens is 4. The number of hydrogen-bond acceptors (Lipinski definition) is 6. The van der Waals surface area contributed by atoms with E-state index in [1.165, 1.54) is 6.33 Å². The lowest BCUT2D eigenvalue weighted by Gasteiger charge is -2.30. The quantitative estimate of drug-likeness (QED) is 0.867. The molecule has 1 fully saturated rings. The first-order chi connectivity index (χ1) is 9.08. The summed E-state index contributed by atoms with van der Waals surface area (Å²) in [5, 5.41) is 0. The topological polar surface area (TPSA) is 88.1 Å². The van der Waals surface area contributed by atoms with Crippen LogP contribution in [0.5, 0.6) is 5.88 Å². The Morgan fingerprint density at radius 3 is 2.95 bits per heavy atom. The van der Waals surface area contributed by atoms with E-state index in [9.17, 15) is 0 Å². The molecule has 7 heteroatoms. The molecule has 2 aromatic rings. The van der Waals surface area contributed by atoms with Crippen LogP contribution in [0.3, 0.4) is 0 Å². The maximum atomic E-state index is 6.08. The first-order valence-electron chi connectivity index (χ1n) is 6.23. The predicted molar refractivity (Wildman–Crippen MR) is 70.0 cm³/mol. The van der Waals surface area contributed by atoms with Crippen molar-refractivity contribution in [2.75, 3.05) is 19.5 Å². The SMILES string of the molecule is COc1ncnc2c1nc(N)n2C1(C)CCOC1C. The Labute approximate surface area is 110 Å². The normalized spacial score (nSPS) is 27.0. The summed E-state index contributed by atoms with van der Waals surface area (Å²) in [5.41, 5.74) is 7.10. The summed E-state index contributed by atoms with van der Waals surface area (Å²) in [6.45, 7) is 4.85. The van der Waals surface area contributed by atoms with E-state index >= 15 is 0 Å². The third-order valence-corrected chi connectivity index (χ3v) is 3.99. The van der Waals surface area contributed by atoms with E-state index in [0.717, 1.165) is 6.42 Å². The molecule has 0 saturated carbocycles. The number of nitrogen functional groups attached to an aromatic ring is 1. The van der Waals surface area contributed by atoms with E-state index in [4.69, 9.17) is 15.2 Å². The Morgan fingerprint density at radius 2 is 2.32 bits per heavy atom. The standard InChI is InChI=1S/C12H17N5O2/c1-7-12(2,4-5-19-7)17-9-8(16-11(17)13)10(18-3)15-6-14-9/h6-7H,4-5H2,1-3H3,(H2,13,16). The van der Waals surface area contributed by atoms with E-state index < -0.39 is 0 Å². The third kappa shape index (κ3) is 1.58. The number of methoxy groups -OCH3 is 1. The highest BCUT2D eigenvalue weighted by Crippen LogP contribution is 2.38. The van der Waals surface area contributed by atoms with Crippen molar-refractivity contribution in [2.45, 2.75) is 31.9 Å². The molecule has 1 saturated heterocycles. The van der Waals surface area contributed by atoms with Crippen LogP contribution >= 0.6 is 0 Å². The molecule has 1 aliphatic rings. The lowest BCUT2D eigenvalue weighted by molar-refractivity contribution is 0.0781. The fourth-order valence-corrected chi connectivity index (χ4v) is 2.66. The summed E-state index contributed by atoms with van der Waals surface area (Å²) in [6.07, 6.45) is 2.38. The maximum Gasteiger partial charge on any atom is 0.245 e. The number of fused-ring (bicyclic) bond motifs is 1. The number of nitrogens with two attached hydrogens (primary N) is 1. The second kappa shape index (κ2) is 4.06. The molecule has 0 spiro atoms. The Morgan fingerprint density at radius 1 is 1.53 bits per heavy atom. The van der Waals surface area contributed by atoms with Crippen molar-refractivity contribution in [3.8, 4) is 5.88 Å². The van der Waals surface area contributed by atoms with Gasteiger partial charge in [-0.05, 0) is 20.3 Å². The molecule has 0 amide bonds. The average molecular weight is 263 g/mol. The highest BCUT2D eigenvalue weighted by Gasteiger charge is 2.41. The fraction of sp³-hybridized carbons (Fsp3) is 0.583. The molecule has 3 heterocycles. The fourth-order valence-electron chi connectivity index (χ4n) is 2.66. The molecule has 2 atom stereocenters. The van der Waals surface area contributed by atoms with Crippen molar-refractivity contribution in [3.63, 3.8) is 0 Å². The summed E-state index contributed by atoms with van der Waals surface area (Å²) in [7, 11) is 1.56. The van der Waals surface area contributed by atoms with E-state index in [1.807, 2.05) is 11.5 Å². The van der Waals surface area contributed by atoms with Crippen molar-refractivity contribution in [1.82, 2.24) is 19.5 Å². The van der Waals surface area contributed by atoms with Gasteiger partial charge in [0.2, 0.25) is 11.8 Å². The van der Waals surface area contributed by atoms with Crippen molar-refractivity contribution in [3.05, 3.63) is 6.33 Å². The van der Waals surface area contributed by atoms with Gasteiger partial charge in [0.1, 0.15) is 6.33 Å². The summed E-state index contributed by atoms with van der Waals surface area (Å²) >= 11 is 0. The van der Waals surface area contributed by atoms with Crippen molar-refractivity contribution in [1.29, 1.82) is 0 Å². The summed E-state index contributed by atoms with van der Waals surface area (Å²) in [6, 6.07) is 0. The Bertz CT molecular complexity index is 626. The van der Waals surface area contributed by atoms with Crippen molar-refractivity contribution < 1.29 is 9.47 Å². The largest absolute Gasteiger partial charge is 0.479 e. The monoisotopic (exact) mass is 263 g/mol. The minimum Gasteiger partial charge on any atom is -0.479 e. The van der Waals surface area contributed by atoms with Crippen LogP contribution in [0.15, 0.2) is 6.33 Å². The van der Waals surface area contributed by atoms with Gasteiger partial charge in [0.25, 0.3) is 0 Å². The zero-order valence-corrected chi connectivity index (χ0v) is 11.3. The van der Waals surface area contributed by atoms with Crippen molar-refractivity contribution in [2.24, 2.45) is 0 Å². The number of anilines is 1. The molecule has 2 N–H and O–H groups in total. The van der Waals surface area contributed by atoms with Crippen LogP contribution in [0, 0.1) is 0 Å². The van der Waals surface area contributed by atoms with E-state index in [0.29, 0.717) is 29.6 Å². The predicted octanol–water partition coefficient (Wildman–Crippen LogP) is 0.941. The van der Waals surface area contributed by atoms with Crippen LogP contribution in [-0.2, 0) is 10.3 Å². The molecule has 1 aliphatic heterocycles. The van der Waals surface area contributed by atoms with Crippen LogP contribution < -0.4 is 10.5 Å². The number of rotatable bonds is 2. The van der Waals surface area contributed by atoms with Gasteiger partial charge in [0.15, 0.2) is 11.2 Å². The Hall–Kier alpha value is -1.89. The first kappa shape index (κ1) is 12.2. The molecule has 2 aromatic heterocycles. The van der Waals surface area contributed by atoms with Gasteiger partial charge in [0.05, 0.1) is 18.8 Å². The average Bonchev–Trinajstić information content (AvgIpc) is 2.89. The highest BCUT2D eigenvalue weighted by molar-refractivity contribution is 5.79. The van der Waals surface area contributed by atoms with Gasteiger partial charge < -0.3 is 15.2 Å². The van der Waals surface area contributed by atoms with Crippen LogP contribution in [0.2, 0.25) is 0 Å². The number of ether oxygens (including phenoxy) is 2. The molecule has 0 bridgehead atoms. The van der Waals surface area contributed by atoms with E-state index in [1.54, 1.807) is 7.11 Å². The molecule has 102 valence electrons. The smallest absolute Gasteiger partial charge is 0.245 e. The number of hydrogen-bond donors (Lipinski definition) is 1. The van der Waals surface area contributed by atoms with E-state index in [2.05, 4.69) is 21.9 Å². The van der Waals surface area contributed by atoms with Gasteiger partial charge in [-0.1, -0.05) is 0 Å². The third-order valence-electron chi connectivity index (χ3n) is 3.99. The minimum atomic E-state index is -0.252.